The number of aliphatic imine (C=N–C) groups is 1. The molecule has 1 aliphatic carbocycles. The predicted octanol–water partition coefficient (Wildman–Crippen LogP) is 6.18. The monoisotopic (exact) mass is 431 g/mol. The molecule has 1 N–H and O–H groups in total. The molecule has 1 unspecified atom stereocenters. The summed E-state index contributed by atoms with van der Waals surface area (Å²) < 4.78 is 21.5. The average molecular weight is 432 g/mol. The molecule has 1 aliphatic heterocycles. The normalized spacial score (nSPS) is 20.5. The van der Waals surface area contributed by atoms with Gasteiger partial charge in [0.2, 0.25) is 0 Å². The van der Waals surface area contributed by atoms with Crippen LogP contribution >= 0.6 is 11.8 Å². The Kier molecular flexibility index (Phi) is 7.75. The van der Waals surface area contributed by atoms with Crippen molar-refractivity contribution in [2.24, 2.45) is 4.99 Å². The molecule has 0 aromatic heterocycles. The van der Waals surface area contributed by atoms with E-state index in [9.17, 15) is 4.79 Å². The lowest BCUT2D eigenvalue weighted by atomic mass is 9.99. The Morgan fingerprint density at radius 1 is 1.37 bits per heavy atom. The third-order valence-corrected chi connectivity index (χ3v) is 6.91. The van der Waals surface area contributed by atoms with Gasteiger partial charge in [0, 0.05) is 28.4 Å². The van der Waals surface area contributed by atoms with E-state index < -0.39 is 5.97 Å². The highest BCUT2D eigenvalue weighted by atomic mass is 32.2. The van der Waals surface area contributed by atoms with Crippen LogP contribution in [0.15, 0.2) is 39.9 Å². The SMILES string of the molecule is Cc1cc(C2=C(OC3CCCC3)[C@H](C)N=CC=C2)cc(F)c1SC(C)CCC(=O)O. The summed E-state index contributed by atoms with van der Waals surface area (Å²) >= 11 is 1.40. The van der Waals surface area contributed by atoms with Crippen LogP contribution in [0.4, 0.5) is 4.39 Å². The molecule has 1 aromatic rings. The number of ether oxygens (including phenoxy) is 1. The maximum absolute atomic E-state index is 15.1. The number of carbonyl (C=O) groups is 1. The van der Waals surface area contributed by atoms with E-state index in [4.69, 9.17) is 9.84 Å². The van der Waals surface area contributed by atoms with Gasteiger partial charge in [0.05, 0.1) is 6.10 Å². The van der Waals surface area contributed by atoms with Crippen LogP contribution < -0.4 is 0 Å². The van der Waals surface area contributed by atoms with Crippen molar-refractivity contribution in [1.29, 1.82) is 0 Å². The third-order valence-electron chi connectivity index (χ3n) is 5.52. The second-order valence-corrected chi connectivity index (χ2v) is 9.55. The summed E-state index contributed by atoms with van der Waals surface area (Å²) in [6, 6.07) is 3.43. The number of rotatable bonds is 8. The van der Waals surface area contributed by atoms with Gasteiger partial charge in [-0.1, -0.05) is 6.92 Å². The smallest absolute Gasteiger partial charge is 0.303 e. The maximum Gasteiger partial charge on any atom is 0.303 e. The minimum atomic E-state index is -0.826. The van der Waals surface area contributed by atoms with E-state index in [1.165, 1.54) is 24.6 Å². The largest absolute Gasteiger partial charge is 0.492 e. The zero-order chi connectivity index (χ0) is 21.7. The van der Waals surface area contributed by atoms with Gasteiger partial charge in [-0.05, 0) is 81.4 Å². The maximum atomic E-state index is 15.1. The van der Waals surface area contributed by atoms with E-state index in [-0.39, 0.29) is 29.6 Å². The molecule has 0 bridgehead atoms. The van der Waals surface area contributed by atoms with Crippen molar-refractivity contribution >= 4 is 29.5 Å². The van der Waals surface area contributed by atoms with Gasteiger partial charge in [0.25, 0.3) is 0 Å². The van der Waals surface area contributed by atoms with Crippen LogP contribution in [0.1, 0.15) is 63.5 Å². The molecular formula is C24H30FNO3S. The number of carboxylic acid groups (broad SMARTS) is 1. The Morgan fingerprint density at radius 2 is 2.10 bits per heavy atom. The predicted molar refractivity (Wildman–Crippen MR) is 121 cm³/mol. The average Bonchev–Trinajstić information content (AvgIpc) is 3.14. The fraction of sp³-hybridized carbons (Fsp3) is 0.500. The van der Waals surface area contributed by atoms with Crippen molar-refractivity contribution in [2.45, 2.75) is 81.6 Å². The Hall–Kier alpha value is -2.08. The summed E-state index contributed by atoms with van der Waals surface area (Å²) in [5.74, 6) is -0.301. The molecule has 0 spiro atoms. The molecule has 2 atom stereocenters. The van der Waals surface area contributed by atoms with Crippen molar-refractivity contribution in [3.8, 4) is 0 Å². The van der Waals surface area contributed by atoms with Crippen molar-refractivity contribution < 1.29 is 19.0 Å². The lowest BCUT2D eigenvalue weighted by Crippen LogP contribution is -2.16. The molecule has 162 valence electrons. The Balaban J connectivity index is 1.89. The van der Waals surface area contributed by atoms with Crippen LogP contribution in [0.5, 0.6) is 0 Å². The van der Waals surface area contributed by atoms with E-state index in [0.717, 1.165) is 35.3 Å². The van der Waals surface area contributed by atoms with Gasteiger partial charge in [0.15, 0.2) is 0 Å². The molecule has 1 heterocycles. The van der Waals surface area contributed by atoms with Gasteiger partial charge < -0.3 is 9.84 Å². The van der Waals surface area contributed by atoms with Gasteiger partial charge in [-0.2, -0.15) is 0 Å². The number of aliphatic carboxylic acids is 1. The standard InChI is InChI=1S/C24H30FNO3S/c1-15-13-18(14-21(25)24(15)30-16(2)10-11-22(27)28)20-9-6-12-26-17(3)23(20)29-19-7-4-5-8-19/h6,9,12-14,16-17,19H,4-5,7-8,10-11H2,1-3H3,(H,27,28)/t16?,17-/m0/s1. The molecule has 0 radical (unpaired) electrons. The summed E-state index contributed by atoms with van der Waals surface area (Å²) in [5.41, 5.74) is 2.51. The highest BCUT2D eigenvalue weighted by molar-refractivity contribution is 8.00. The fourth-order valence-electron chi connectivity index (χ4n) is 3.90. The molecule has 4 nitrogen and oxygen atoms in total. The number of halogens is 1. The third kappa shape index (κ3) is 5.75. The van der Waals surface area contributed by atoms with E-state index in [2.05, 4.69) is 4.99 Å². The minimum absolute atomic E-state index is 0.0202. The molecule has 30 heavy (non-hydrogen) atoms. The Labute approximate surface area is 182 Å². The quantitative estimate of drug-likeness (QED) is 0.499. The van der Waals surface area contributed by atoms with Crippen LogP contribution in [0.3, 0.4) is 0 Å². The van der Waals surface area contributed by atoms with Gasteiger partial charge in [-0.3, -0.25) is 9.79 Å². The number of benzene rings is 1. The van der Waals surface area contributed by atoms with E-state index in [0.29, 0.717) is 11.3 Å². The molecular weight excluding hydrogens is 401 g/mol. The number of nitrogens with zero attached hydrogens (tertiary/aromatic N) is 1. The molecule has 0 amide bonds. The highest BCUT2D eigenvalue weighted by Gasteiger charge is 2.24. The number of aryl methyl sites for hydroxylation is 1. The molecule has 1 saturated carbocycles. The summed E-state index contributed by atoms with van der Waals surface area (Å²) in [6.45, 7) is 5.84. The van der Waals surface area contributed by atoms with Crippen LogP contribution in [0.2, 0.25) is 0 Å². The highest BCUT2D eigenvalue weighted by Crippen LogP contribution is 2.36. The lowest BCUT2D eigenvalue weighted by Gasteiger charge is -2.22. The van der Waals surface area contributed by atoms with E-state index in [1.807, 2.05) is 39.0 Å². The number of allylic oxidation sites excluding steroid dienone is 3. The molecule has 6 heteroatoms. The van der Waals surface area contributed by atoms with Crippen molar-refractivity contribution in [2.75, 3.05) is 0 Å². The number of hydrogen-bond donors (Lipinski definition) is 1. The summed E-state index contributed by atoms with van der Waals surface area (Å²) in [6.07, 6.45) is 10.9. The molecule has 1 aromatic carbocycles. The summed E-state index contributed by atoms with van der Waals surface area (Å²) in [7, 11) is 0. The minimum Gasteiger partial charge on any atom is -0.492 e. The van der Waals surface area contributed by atoms with Crippen molar-refractivity contribution in [1.82, 2.24) is 0 Å². The molecule has 2 aliphatic rings. The van der Waals surface area contributed by atoms with Gasteiger partial charge in [-0.15, -0.1) is 11.8 Å². The van der Waals surface area contributed by atoms with Gasteiger partial charge >= 0.3 is 5.97 Å². The Bertz CT molecular complexity index is 848. The Morgan fingerprint density at radius 3 is 2.77 bits per heavy atom. The molecule has 3 rings (SSSR count). The van der Waals surface area contributed by atoms with E-state index >= 15 is 4.39 Å². The number of thioether (sulfide) groups is 1. The van der Waals surface area contributed by atoms with E-state index in [1.54, 1.807) is 12.3 Å². The summed E-state index contributed by atoms with van der Waals surface area (Å²) in [4.78, 5) is 15.9. The van der Waals surface area contributed by atoms with Crippen molar-refractivity contribution in [3.63, 3.8) is 0 Å². The van der Waals surface area contributed by atoms with Crippen LogP contribution in [-0.2, 0) is 9.53 Å². The van der Waals surface area contributed by atoms with Gasteiger partial charge in [0.1, 0.15) is 17.6 Å². The number of hydrogen-bond acceptors (Lipinski definition) is 4. The fourth-order valence-corrected chi connectivity index (χ4v) is 4.96. The molecule has 1 fully saturated rings. The van der Waals surface area contributed by atoms with Crippen molar-refractivity contribution in [3.05, 3.63) is 47.0 Å². The zero-order valence-corrected chi connectivity index (χ0v) is 18.7. The second-order valence-electron chi connectivity index (χ2n) is 8.10. The number of carboxylic acids is 1. The van der Waals surface area contributed by atoms with Crippen LogP contribution in [-0.4, -0.2) is 34.7 Å². The zero-order valence-electron chi connectivity index (χ0n) is 17.9. The summed E-state index contributed by atoms with van der Waals surface area (Å²) in [5, 5.41) is 8.89. The second kappa shape index (κ2) is 10.3. The first-order valence-corrected chi connectivity index (χ1v) is 11.5. The van der Waals surface area contributed by atoms with Crippen LogP contribution in [0.25, 0.3) is 5.57 Å². The lowest BCUT2D eigenvalue weighted by molar-refractivity contribution is -0.137. The first kappa shape index (κ1) is 22.6. The first-order valence-electron chi connectivity index (χ1n) is 10.6. The van der Waals surface area contributed by atoms with Gasteiger partial charge in [-0.25, -0.2) is 4.39 Å². The first-order chi connectivity index (χ1) is 14.3. The molecule has 0 saturated heterocycles. The topological polar surface area (TPSA) is 58.9 Å². The van der Waals surface area contributed by atoms with Crippen LogP contribution in [0, 0.1) is 12.7 Å².